The second kappa shape index (κ2) is 12.4. The Morgan fingerprint density at radius 2 is 1.52 bits per heavy atom. The zero-order valence-electron chi connectivity index (χ0n) is 19.2. The van der Waals surface area contributed by atoms with E-state index in [2.05, 4.69) is 6.08 Å². The van der Waals surface area contributed by atoms with Crippen LogP contribution >= 0.6 is 0 Å². The number of aliphatic hydroxyl groups excluding tert-OH is 1. The van der Waals surface area contributed by atoms with E-state index in [-0.39, 0.29) is 13.2 Å². The number of aliphatic hydroxyl groups is 1. The van der Waals surface area contributed by atoms with Gasteiger partial charge in [0, 0.05) is 17.2 Å². The van der Waals surface area contributed by atoms with Gasteiger partial charge in [-0.1, -0.05) is 84.4 Å². The van der Waals surface area contributed by atoms with Crippen molar-refractivity contribution < 1.29 is 19.4 Å². The smallest absolute Gasteiger partial charge is 0.331 e. The van der Waals surface area contributed by atoms with Crippen molar-refractivity contribution in [3.63, 3.8) is 0 Å². The molecule has 0 atom stereocenters. The van der Waals surface area contributed by atoms with Crippen molar-refractivity contribution in [2.75, 3.05) is 0 Å². The van der Waals surface area contributed by atoms with Gasteiger partial charge in [-0.25, -0.2) is 4.79 Å². The van der Waals surface area contributed by atoms with Crippen molar-refractivity contribution in [1.82, 2.24) is 0 Å². The SMILES string of the molecule is CC(C)=CCc1c(CO)ccc(C=CC(=O)OCc2ccccc2)c1OCc1ccccc1. The monoisotopic (exact) mass is 442 g/mol. The van der Waals surface area contributed by atoms with Crippen LogP contribution in [0.1, 0.15) is 41.7 Å². The zero-order valence-corrected chi connectivity index (χ0v) is 19.2. The van der Waals surface area contributed by atoms with Crippen LogP contribution in [0.15, 0.2) is 90.5 Å². The fourth-order valence-electron chi connectivity index (χ4n) is 3.33. The minimum absolute atomic E-state index is 0.0866. The molecule has 4 heteroatoms. The number of ether oxygens (including phenoxy) is 2. The molecule has 4 nitrogen and oxygen atoms in total. The van der Waals surface area contributed by atoms with Crippen LogP contribution in [0.25, 0.3) is 6.08 Å². The van der Waals surface area contributed by atoms with Gasteiger partial charge in [0.25, 0.3) is 0 Å². The Balaban J connectivity index is 1.84. The predicted octanol–water partition coefficient (Wildman–Crippen LogP) is 6.02. The van der Waals surface area contributed by atoms with Gasteiger partial charge in [-0.2, -0.15) is 0 Å². The Hall–Kier alpha value is -3.63. The van der Waals surface area contributed by atoms with Crippen LogP contribution in [0, 0.1) is 0 Å². The van der Waals surface area contributed by atoms with Crippen molar-refractivity contribution in [1.29, 1.82) is 0 Å². The quantitative estimate of drug-likeness (QED) is 0.237. The van der Waals surface area contributed by atoms with Gasteiger partial charge in [0.2, 0.25) is 0 Å². The molecular weight excluding hydrogens is 412 g/mol. The summed E-state index contributed by atoms with van der Waals surface area (Å²) in [7, 11) is 0. The molecule has 0 aliphatic carbocycles. The zero-order chi connectivity index (χ0) is 23.5. The van der Waals surface area contributed by atoms with Gasteiger partial charge in [-0.05, 0) is 43.0 Å². The molecule has 0 heterocycles. The lowest BCUT2D eigenvalue weighted by molar-refractivity contribution is -0.138. The predicted molar refractivity (Wildman–Crippen MR) is 132 cm³/mol. The summed E-state index contributed by atoms with van der Waals surface area (Å²) in [5.41, 5.74) is 5.63. The lowest BCUT2D eigenvalue weighted by Gasteiger charge is -2.17. The molecule has 0 saturated heterocycles. The van der Waals surface area contributed by atoms with Crippen LogP contribution in [-0.4, -0.2) is 11.1 Å². The maximum atomic E-state index is 12.3. The summed E-state index contributed by atoms with van der Waals surface area (Å²) < 4.78 is 11.6. The highest BCUT2D eigenvalue weighted by atomic mass is 16.5. The number of hydrogen-bond donors (Lipinski definition) is 1. The van der Waals surface area contributed by atoms with Gasteiger partial charge in [-0.15, -0.1) is 0 Å². The van der Waals surface area contributed by atoms with Gasteiger partial charge >= 0.3 is 5.97 Å². The van der Waals surface area contributed by atoms with Crippen LogP contribution in [-0.2, 0) is 35.8 Å². The molecule has 0 amide bonds. The Bertz CT molecular complexity index is 1100. The van der Waals surface area contributed by atoms with E-state index in [9.17, 15) is 9.90 Å². The van der Waals surface area contributed by atoms with Crippen LogP contribution < -0.4 is 4.74 Å². The topological polar surface area (TPSA) is 55.8 Å². The van der Waals surface area contributed by atoms with Crippen molar-refractivity contribution in [2.24, 2.45) is 0 Å². The van der Waals surface area contributed by atoms with E-state index in [0.29, 0.717) is 18.8 Å². The largest absolute Gasteiger partial charge is 0.488 e. The Kier molecular flexibility index (Phi) is 9.04. The molecule has 0 fully saturated rings. The van der Waals surface area contributed by atoms with E-state index in [0.717, 1.165) is 27.8 Å². The highest BCUT2D eigenvalue weighted by Crippen LogP contribution is 2.31. The van der Waals surface area contributed by atoms with E-state index in [1.165, 1.54) is 11.6 Å². The molecule has 0 radical (unpaired) electrons. The Labute approximate surface area is 195 Å². The standard InChI is InChI=1S/C29H30O4/c1-22(2)13-17-27-26(19-30)15-14-25(29(27)33-21-24-11-7-4-8-12-24)16-18-28(31)32-20-23-9-5-3-6-10-23/h3-16,18,30H,17,19-21H2,1-2H3. The van der Waals surface area contributed by atoms with Gasteiger partial charge in [-0.3, -0.25) is 0 Å². The average molecular weight is 443 g/mol. The molecule has 3 aromatic carbocycles. The second-order valence-electron chi connectivity index (χ2n) is 7.97. The minimum Gasteiger partial charge on any atom is -0.488 e. The van der Waals surface area contributed by atoms with Gasteiger partial charge in [0.1, 0.15) is 19.0 Å². The number of hydrogen-bond acceptors (Lipinski definition) is 4. The third-order valence-electron chi connectivity index (χ3n) is 5.12. The molecule has 0 spiro atoms. The minimum atomic E-state index is -0.426. The van der Waals surface area contributed by atoms with Crippen molar-refractivity contribution in [3.05, 3.63) is 118 Å². The summed E-state index contributed by atoms with van der Waals surface area (Å²) in [5, 5.41) is 9.91. The molecule has 3 aromatic rings. The third kappa shape index (κ3) is 7.48. The highest BCUT2D eigenvalue weighted by Gasteiger charge is 2.14. The summed E-state index contributed by atoms with van der Waals surface area (Å²) in [6.07, 6.45) is 5.85. The van der Waals surface area contributed by atoms with Crippen LogP contribution in [0.4, 0.5) is 0 Å². The second-order valence-corrected chi connectivity index (χ2v) is 7.97. The summed E-state index contributed by atoms with van der Waals surface area (Å²) in [5.74, 6) is 0.236. The van der Waals surface area contributed by atoms with E-state index >= 15 is 0 Å². The number of allylic oxidation sites excluding steroid dienone is 2. The fourth-order valence-corrected chi connectivity index (χ4v) is 3.33. The number of carbonyl (C=O) groups excluding carboxylic acids is 1. The first-order valence-corrected chi connectivity index (χ1v) is 11.0. The first-order chi connectivity index (χ1) is 16.1. The van der Waals surface area contributed by atoms with E-state index < -0.39 is 5.97 Å². The Morgan fingerprint density at radius 3 is 2.12 bits per heavy atom. The summed E-state index contributed by atoms with van der Waals surface area (Å²) in [4.78, 5) is 12.3. The number of benzene rings is 3. The van der Waals surface area contributed by atoms with Crippen molar-refractivity contribution >= 4 is 12.0 Å². The number of esters is 1. The number of rotatable bonds is 10. The van der Waals surface area contributed by atoms with Crippen LogP contribution in [0.5, 0.6) is 5.75 Å². The molecule has 0 saturated carbocycles. The lowest BCUT2D eigenvalue weighted by Crippen LogP contribution is -2.05. The average Bonchev–Trinajstić information content (AvgIpc) is 2.85. The van der Waals surface area contributed by atoms with Gasteiger partial charge < -0.3 is 14.6 Å². The molecule has 0 bridgehead atoms. The molecule has 0 unspecified atom stereocenters. The highest BCUT2D eigenvalue weighted by molar-refractivity contribution is 5.87. The molecule has 33 heavy (non-hydrogen) atoms. The van der Waals surface area contributed by atoms with Gasteiger partial charge in [0.05, 0.1) is 6.61 Å². The van der Waals surface area contributed by atoms with E-state index in [1.54, 1.807) is 6.08 Å². The molecular formula is C29H30O4. The number of carbonyl (C=O) groups is 1. The van der Waals surface area contributed by atoms with Gasteiger partial charge in [0.15, 0.2) is 0 Å². The maximum absolute atomic E-state index is 12.3. The first-order valence-electron chi connectivity index (χ1n) is 11.0. The molecule has 1 N–H and O–H groups in total. The first kappa shape index (κ1) is 24.0. The lowest BCUT2D eigenvalue weighted by atomic mass is 9.98. The normalized spacial score (nSPS) is 10.8. The molecule has 0 aliphatic heterocycles. The molecule has 0 aromatic heterocycles. The summed E-state index contributed by atoms with van der Waals surface area (Å²) in [6, 6.07) is 23.2. The summed E-state index contributed by atoms with van der Waals surface area (Å²) in [6.45, 7) is 4.59. The molecule has 0 aliphatic rings. The van der Waals surface area contributed by atoms with Crippen molar-refractivity contribution in [2.45, 2.75) is 40.1 Å². The van der Waals surface area contributed by atoms with Crippen LogP contribution in [0.3, 0.4) is 0 Å². The third-order valence-corrected chi connectivity index (χ3v) is 5.12. The van der Waals surface area contributed by atoms with Crippen molar-refractivity contribution in [3.8, 4) is 5.75 Å². The van der Waals surface area contributed by atoms with E-state index in [1.807, 2.05) is 86.6 Å². The molecule has 170 valence electrons. The van der Waals surface area contributed by atoms with Crippen LogP contribution in [0.2, 0.25) is 0 Å². The summed E-state index contributed by atoms with van der Waals surface area (Å²) >= 11 is 0. The Morgan fingerprint density at radius 1 is 0.879 bits per heavy atom. The molecule has 3 rings (SSSR count). The maximum Gasteiger partial charge on any atom is 0.331 e. The van der Waals surface area contributed by atoms with E-state index in [4.69, 9.17) is 9.47 Å². The fraction of sp³-hybridized carbons (Fsp3) is 0.207.